The number of benzene rings is 2. The molecule has 0 aliphatic carbocycles. The van der Waals surface area contributed by atoms with E-state index in [1.54, 1.807) is 12.1 Å². The molecule has 22 heavy (non-hydrogen) atoms. The standard InChI is InChI=1S/C14H13ClN2O4S/c1-10-3-5-14(6-4-10)22(20,21)16(2)12-7-11(15)8-13(9-12)17(18)19/h3-9H,1-2H3. The van der Waals surface area contributed by atoms with E-state index in [0.717, 1.165) is 22.0 Å². The molecule has 0 saturated heterocycles. The first kappa shape index (κ1) is 16.3. The molecule has 0 aliphatic rings. The van der Waals surface area contributed by atoms with Crippen LogP contribution in [0.3, 0.4) is 0 Å². The van der Waals surface area contributed by atoms with Crippen LogP contribution in [0.2, 0.25) is 5.02 Å². The van der Waals surface area contributed by atoms with Gasteiger partial charge in [0.15, 0.2) is 0 Å². The van der Waals surface area contributed by atoms with Gasteiger partial charge in [0.25, 0.3) is 15.7 Å². The molecule has 0 bridgehead atoms. The summed E-state index contributed by atoms with van der Waals surface area (Å²) in [6.45, 7) is 1.85. The average Bonchev–Trinajstić information content (AvgIpc) is 2.46. The van der Waals surface area contributed by atoms with Gasteiger partial charge < -0.3 is 0 Å². The van der Waals surface area contributed by atoms with Gasteiger partial charge in [-0.2, -0.15) is 0 Å². The fourth-order valence-corrected chi connectivity index (χ4v) is 3.26. The van der Waals surface area contributed by atoms with Crippen LogP contribution >= 0.6 is 11.6 Å². The topological polar surface area (TPSA) is 80.5 Å². The van der Waals surface area contributed by atoms with E-state index in [1.807, 2.05) is 6.92 Å². The normalized spacial score (nSPS) is 11.2. The third kappa shape index (κ3) is 3.20. The summed E-state index contributed by atoms with van der Waals surface area (Å²) in [4.78, 5) is 10.3. The lowest BCUT2D eigenvalue weighted by atomic mass is 10.2. The van der Waals surface area contributed by atoms with E-state index in [2.05, 4.69) is 0 Å². The molecule has 2 aromatic carbocycles. The van der Waals surface area contributed by atoms with E-state index in [-0.39, 0.29) is 21.3 Å². The molecule has 0 fully saturated rings. The Kier molecular flexibility index (Phi) is 4.39. The molecule has 2 aromatic rings. The Morgan fingerprint density at radius 1 is 1.14 bits per heavy atom. The maximum atomic E-state index is 12.5. The Hall–Kier alpha value is -2.12. The summed E-state index contributed by atoms with van der Waals surface area (Å²) in [6, 6.07) is 10.0. The maximum absolute atomic E-state index is 12.5. The number of non-ortho nitro benzene ring substituents is 1. The van der Waals surface area contributed by atoms with Crippen molar-refractivity contribution in [3.8, 4) is 0 Å². The molecule has 0 saturated carbocycles. The number of halogens is 1. The maximum Gasteiger partial charge on any atom is 0.273 e. The van der Waals surface area contributed by atoms with Crippen molar-refractivity contribution in [2.45, 2.75) is 11.8 Å². The molecule has 8 heteroatoms. The van der Waals surface area contributed by atoms with Crippen LogP contribution in [-0.4, -0.2) is 20.4 Å². The first-order chi connectivity index (χ1) is 10.2. The van der Waals surface area contributed by atoms with Crippen LogP contribution in [0.5, 0.6) is 0 Å². The van der Waals surface area contributed by atoms with Gasteiger partial charge in [0.2, 0.25) is 0 Å². The van der Waals surface area contributed by atoms with Crippen LogP contribution in [0.25, 0.3) is 0 Å². The summed E-state index contributed by atoms with van der Waals surface area (Å²) < 4.78 is 26.1. The van der Waals surface area contributed by atoms with Crippen LogP contribution < -0.4 is 4.31 Å². The van der Waals surface area contributed by atoms with Crippen LogP contribution in [0.4, 0.5) is 11.4 Å². The van der Waals surface area contributed by atoms with E-state index in [1.165, 1.54) is 25.2 Å². The zero-order valence-electron chi connectivity index (χ0n) is 11.9. The number of nitrogens with zero attached hydrogens (tertiary/aromatic N) is 2. The molecule has 6 nitrogen and oxygen atoms in total. The quantitative estimate of drug-likeness (QED) is 0.631. The molecule has 0 radical (unpaired) electrons. The van der Waals surface area contributed by atoms with Gasteiger partial charge in [0.1, 0.15) is 0 Å². The number of aryl methyl sites for hydroxylation is 1. The van der Waals surface area contributed by atoms with Crippen molar-refractivity contribution < 1.29 is 13.3 Å². The first-order valence-corrected chi connectivity index (χ1v) is 8.04. The number of nitro groups is 1. The van der Waals surface area contributed by atoms with Gasteiger partial charge in [0, 0.05) is 24.2 Å². The highest BCUT2D eigenvalue weighted by Crippen LogP contribution is 2.29. The fourth-order valence-electron chi connectivity index (χ4n) is 1.85. The van der Waals surface area contributed by atoms with E-state index >= 15 is 0 Å². The monoisotopic (exact) mass is 340 g/mol. The third-order valence-electron chi connectivity index (χ3n) is 3.12. The van der Waals surface area contributed by atoms with Gasteiger partial charge in [-0.05, 0) is 25.1 Å². The molecule has 0 heterocycles. The van der Waals surface area contributed by atoms with Crippen molar-refractivity contribution in [3.63, 3.8) is 0 Å². The third-order valence-corrected chi connectivity index (χ3v) is 5.14. The number of sulfonamides is 1. The molecule has 0 unspecified atom stereocenters. The number of hydrogen-bond donors (Lipinski definition) is 0. The average molecular weight is 341 g/mol. The fraction of sp³-hybridized carbons (Fsp3) is 0.143. The summed E-state index contributed by atoms with van der Waals surface area (Å²) in [6.07, 6.45) is 0. The second-order valence-electron chi connectivity index (χ2n) is 4.71. The molecule has 2 rings (SSSR count). The Balaban J connectivity index is 2.48. The van der Waals surface area contributed by atoms with Crippen molar-refractivity contribution in [2.24, 2.45) is 0 Å². The summed E-state index contributed by atoms with van der Waals surface area (Å²) in [5.41, 5.74) is 0.785. The summed E-state index contributed by atoms with van der Waals surface area (Å²) in [5, 5.41) is 11.0. The Morgan fingerprint density at radius 3 is 2.27 bits per heavy atom. The lowest BCUT2D eigenvalue weighted by molar-refractivity contribution is -0.384. The summed E-state index contributed by atoms with van der Waals surface area (Å²) in [7, 11) is -2.49. The second-order valence-corrected chi connectivity index (χ2v) is 7.12. The zero-order valence-corrected chi connectivity index (χ0v) is 13.4. The molecule has 0 aromatic heterocycles. The highest BCUT2D eigenvalue weighted by Gasteiger charge is 2.23. The predicted molar refractivity (Wildman–Crippen MR) is 84.9 cm³/mol. The van der Waals surface area contributed by atoms with E-state index in [0.29, 0.717) is 0 Å². The molecular weight excluding hydrogens is 328 g/mol. The minimum Gasteiger partial charge on any atom is -0.269 e. The van der Waals surface area contributed by atoms with Crippen LogP contribution in [0, 0.1) is 17.0 Å². The number of anilines is 1. The Bertz CT molecular complexity index is 819. The van der Waals surface area contributed by atoms with Crippen molar-refractivity contribution in [3.05, 3.63) is 63.2 Å². The predicted octanol–water partition coefficient (Wildman–Crippen LogP) is 3.38. The van der Waals surface area contributed by atoms with Crippen LogP contribution in [0.1, 0.15) is 5.56 Å². The second kappa shape index (κ2) is 5.94. The molecule has 0 aliphatic heterocycles. The highest BCUT2D eigenvalue weighted by molar-refractivity contribution is 7.92. The van der Waals surface area contributed by atoms with Crippen LogP contribution in [0.15, 0.2) is 47.4 Å². The summed E-state index contributed by atoms with van der Waals surface area (Å²) >= 11 is 5.83. The minimum atomic E-state index is -3.82. The van der Waals surface area contributed by atoms with E-state index < -0.39 is 14.9 Å². The van der Waals surface area contributed by atoms with Crippen molar-refractivity contribution in [1.29, 1.82) is 0 Å². The molecule has 0 amide bonds. The highest BCUT2D eigenvalue weighted by atomic mass is 35.5. The van der Waals surface area contributed by atoms with Crippen LogP contribution in [-0.2, 0) is 10.0 Å². The van der Waals surface area contributed by atoms with Gasteiger partial charge in [-0.3, -0.25) is 14.4 Å². The van der Waals surface area contributed by atoms with E-state index in [9.17, 15) is 18.5 Å². The van der Waals surface area contributed by atoms with Gasteiger partial charge in [-0.1, -0.05) is 29.3 Å². The van der Waals surface area contributed by atoms with Gasteiger partial charge >= 0.3 is 0 Å². The molecule has 0 spiro atoms. The number of hydrogen-bond acceptors (Lipinski definition) is 4. The Morgan fingerprint density at radius 2 is 1.73 bits per heavy atom. The van der Waals surface area contributed by atoms with Gasteiger partial charge in [-0.15, -0.1) is 0 Å². The molecule has 116 valence electrons. The minimum absolute atomic E-state index is 0.0927. The first-order valence-electron chi connectivity index (χ1n) is 6.22. The van der Waals surface area contributed by atoms with E-state index in [4.69, 9.17) is 11.6 Å². The zero-order chi connectivity index (χ0) is 16.5. The molecular formula is C14H13ClN2O4S. The number of nitro benzene ring substituents is 1. The van der Waals surface area contributed by atoms with Gasteiger partial charge in [-0.25, -0.2) is 8.42 Å². The number of rotatable bonds is 4. The lowest BCUT2D eigenvalue weighted by Gasteiger charge is -2.19. The smallest absolute Gasteiger partial charge is 0.269 e. The SMILES string of the molecule is Cc1ccc(S(=O)(=O)N(C)c2cc(Cl)cc([N+](=O)[O-])c2)cc1. The van der Waals surface area contributed by atoms with Crippen molar-refractivity contribution >= 4 is 33.0 Å². The van der Waals surface area contributed by atoms with Crippen molar-refractivity contribution in [1.82, 2.24) is 0 Å². The summed E-state index contributed by atoms with van der Waals surface area (Å²) in [5.74, 6) is 0. The molecule has 0 atom stereocenters. The molecule has 0 N–H and O–H groups in total. The van der Waals surface area contributed by atoms with Crippen molar-refractivity contribution in [2.75, 3.05) is 11.4 Å². The Labute approximate surface area is 133 Å². The van der Waals surface area contributed by atoms with Gasteiger partial charge in [0.05, 0.1) is 15.5 Å². The lowest BCUT2D eigenvalue weighted by Crippen LogP contribution is -2.26. The largest absolute Gasteiger partial charge is 0.273 e.